The van der Waals surface area contributed by atoms with Crippen molar-refractivity contribution in [3.63, 3.8) is 0 Å². The summed E-state index contributed by atoms with van der Waals surface area (Å²) >= 11 is 0. The van der Waals surface area contributed by atoms with Crippen molar-refractivity contribution in [1.29, 1.82) is 0 Å². The third-order valence-corrected chi connectivity index (χ3v) is 2.06. The van der Waals surface area contributed by atoms with Crippen molar-refractivity contribution in [2.75, 3.05) is 13.1 Å². The number of hydrogen-bond donors (Lipinski definition) is 1. The fourth-order valence-electron chi connectivity index (χ4n) is 1.41. The average molecular weight is 127 g/mol. The van der Waals surface area contributed by atoms with Gasteiger partial charge in [-0.15, -0.1) is 0 Å². The summed E-state index contributed by atoms with van der Waals surface area (Å²) in [4.78, 5) is 1.48. The Labute approximate surface area is 58.0 Å². The number of quaternary nitrogens is 1. The first-order chi connectivity index (χ1) is 4.39. The topological polar surface area (TPSA) is 4.44 Å². The van der Waals surface area contributed by atoms with Crippen molar-refractivity contribution in [2.45, 2.75) is 32.1 Å². The molecule has 0 radical (unpaired) electrons. The molecular formula is C8H17N. The normalized spacial score (nSPS) is 25.0. The lowest BCUT2D eigenvalue weighted by Gasteiger charge is -2.22. The molecule has 1 heterocycles. The number of hydrogen-bond acceptors (Lipinski definition) is 0. The Hall–Kier alpha value is -0.0400. The van der Waals surface area contributed by atoms with Gasteiger partial charge in [-0.2, -0.15) is 7.05 Å². The predicted molar refractivity (Wildman–Crippen MR) is 39.1 cm³/mol. The highest BCUT2D eigenvalue weighted by atomic mass is 15.1. The van der Waals surface area contributed by atoms with Crippen LogP contribution in [-0.4, -0.2) is 13.1 Å². The van der Waals surface area contributed by atoms with Crippen LogP contribution < -0.4 is 4.90 Å². The van der Waals surface area contributed by atoms with Gasteiger partial charge in [-0.3, -0.25) is 0 Å². The van der Waals surface area contributed by atoms with E-state index in [1.807, 2.05) is 0 Å². The minimum absolute atomic E-state index is 1.29. The second kappa shape index (κ2) is 3.89. The van der Waals surface area contributed by atoms with E-state index in [2.05, 4.69) is 7.05 Å². The van der Waals surface area contributed by atoms with Crippen LogP contribution in [0.25, 0.3) is 0 Å². The first-order valence-corrected chi connectivity index (χ1v) is 4.06. The fourth-order valence-corrected chi connectivity index (χ4v) is 1.41. The largest absolute Gasteiger partial charge is 0.468 e. The molecule has 1 rings (SSSR count). The van der Waals surface area contributed by atoms with Gasteiger partial charge in [0.05, 0.1) is 13.1 Å². The molecule has 0 spiro atoms. The highest BCUT2D eigenvalue weighted by molar-refractivity contribution is 4.46. The van der Waals surface area contributed by atoms with E-state index in [1.165, 1.54) is 50.1 Å². The molecule has 0 bridgehead atoms. The lowest BCUT2D eigenvalue weighted by atomic mass is 10.1. The highest BCUT2D eigenvalue weighted by Gasteiger charge is 2.00. The summed E-state index contributed by atoms with van der Waals surface area (Å²) in [5, 5.41) is 0. The summed E-state index contributed by atoms with van der Waals surface area (Å²) in [6, 6.07) is 0. The highest BCUT2D eigenvalue weighted by Crippen LogP contribution is 2.02. The molecule has 1 fully saturated rings. The molecule has 54 valence electrons. The van der Waals surface area contributed by atoms with Crippen LogP contribution >= 0.6 is 0 Å². The molecule has 0 amide bonds. The van der Waals surface area contributed by atoms with E-state index in [0.29, 0.717) is 0 Å². The molecule has 0 aromatic carbocycles. The standard InChI is InChI=1S/C8H17N/c1-9-7-5-3-2-4-6-8-9/h9H,1-8H2. The second-order valence-corrected chi connectivity index (χ2v) is 3.02. The van der Waals surface area contributed by atoms with Gasteiger partial charge >= 0.3 is 0 Å². The molecule has 9 heavy (non-hydrogen) atoms. The lowest BCUT2D eigenvalue weighted by molar-refractivity contribution is -0.854. The molecule has 1 N–H and O–H groups in total. The number of likely N-dealkylation sites (tertiary alicyclic amines) is 1. The van der Waals surface area contributed by atoms with Crippen LogP contribution in [0, 0.1) is 7.05 Å². The molecule has 0 aliphatic carbocycles. The van der Waals surface area contributed by atoms with Gasteiger partial charge in [0, 0.05) is 0 Å². The summed E-state index contributed by atoms with van der Waals surface area (Å²) in [5.74, 6) is 0. The van der Waals surface area contributed by atoms with Crippen LogP contribution in [0.2, 0.25) is 0 Å². The van der Waals surface area contributed by atoms with E-state index in [4.69, 9.17) is 0 Å². The molecule has 0 aromatic rings. The smallest absolute Gasteiger partial charge is 0.0530 e. The number of nitrogens with one attached hydrogen (secondary N) is 1. The molecule has 1 aliphatic heterocycles. The van der Waals surface area contributed by atoms with Crippen molar-refractivity contribution in [1.82, 2.24) is 0 Å². The first kappa shape index (κ1) is 7.07. The second-order valence-electron chi connectivity index (χ2n) is 3.02. The maximum Gasteiger partial charge on any atom is 0.0530 e. The minimum Gasteiger partial charge on any atom is -0.468 e. The molecule has 0 unspecified atom stereocenters. The maximum atomic E-state index is 4.02. The van der Waals surface area contributed by atoms with Crippen molar-refractivity contribution in [3.05, 3.63) is 7.05 Å². The summed E-state index contributed by atoms with van der Waals surface area (Å²) < 4.78 is 0. The Balaban J connectivity index is 2.12. The summed E-state index contributed by atoms with van der Waals surface area (Å²) in [6.45, 7) is 2.58. The van der Waals surface area contributed by atoms with Crippen LogP contribution in [0.4, 0.5) is 0 Å². The molecule has 0 atom stereocenters. The molecule has 1 nitrogen and oxygen atoms in total. The van der Waals surface area contributed by atoms with Crippen molar-refractivity contribution < 1.29 is 4.90 Å². The van der Waals surface area contributed by atoms with E-state index >= 15 is 0 Å². The van der Waals surface area contributed by atoms with Gasteiger partial charge in [0.1, 0.15) is 0 Å². The van der Waals surface area contributed by atoms with E-state index in [0.717, 1.165) is 0 Å². The van der Waals surface area contributed by atoms with Crippen LogP contribution in [0.1, 0.15) is 32.1 Å². The maximum absolute atomic E-state index is 4.02. The molecule has 1 aliphatic rings. The minimum atomic E-state index is 1.29. The molecular weight excluding hydrogens is 110 g/mol. The average Bonchev–Trinajstić information content (AvgIpc) is 1.79. The monoisotopic (exact) mass is 127 g/mol. The molecule has 0 aromatic heterocycles. The summed E-state index contributed by atoms with van der Waals surface area (Å²) in [7, 11) is 4.02. The SMILES string of the molecule is [CH2-][NH+]1CCCCCCC1. The van der Waals surface area contributed by atoms with Gasteiger partial charge in [-0.1, -0.05) is 6.42 Å². The van der Waals surface area contributed by atoms with E-state index in [-0.39, 0.29) is 0 Å². The Bertz CT molecular complexity index is 63.0. The van der Waals surface area contributed by atoms with Crippen molar-refractivity contribution in [2.24, 2.45) is 0 Å². The quantitative estimate of drug-likeness (QED) is 0.455. The Morgan fingerprint density at radius 3 is 1.78 bits per heavy atom. The zero-order chi connectivity index (χ0) is 6.53. The van der Waals surface area contributed by atoms with E-state index < -0.39 is 0 Å². The number of rotatable bonds is 0. The van der Waals surface area contributed by atoms with Gasteiger partial charge in [-0.25, -0.2) is 0 Å². The van der Waals surface area contributed by atoms with E-state index in [9.17, 15) is 0 Å². The van der Waals surface area contributed by atoms with Crippen molar-refractivity contribution >= 4 is 0 Å². The van der Waals surface area contributed by atoms with Gasteiger partial charge < -0.3 is 4.90 Å². The Morgan fingerprint density at radius 1 is 0.778 bits per heavy atom. The van der Waals surface area contributed by atoms with Gasteiger partial charge in [0.2, 0.25) is 0 Å². The van der Waals surface area contributed by atoms with Crippen LogP contribution in [0.3, 0.4) is 0 Å². The van der Waals surface area contributed by atoms with Crippen molar-refractivity contribution in [3.8, 4) is 0 Å². The Kier molecular flexibility index (Phi) is 3.05. The Morgan fingerprint density at radius 2 is 1.22 bits per heavy atom. The molecule has 1 saturated heterocycles. The lowest BCUT2D eigenvalue weighted by Crippen LogP contribution is -3.06. The van der Waals surface area contributed by atoms with Gasteiger partial charge in [-0.05, 0) is 25.7 Å². The van der Waals surface area contributed by atoms with Gasteiger partial charge in [0.25, 0.3) is 0 Å². The van der Waals surface area contributed by atoms with Crippen LogP contribution in [0.15, 0.2) is 0 Å². The van der Waals surface area contributed by atoms with Crippen LogP contribution in [-0.2, 0) is 0 Å². The summed E-state index contributed by atoms with van der Waals surface area (Å²) in [5.41, 5.74) is 0. The third kappa shape index (κ3) is 2.85. The zero-order valence-electron chi connectivity index (χ0n) is 6.16. The molecule has 1 heteroatoms. The molecule has 0 saturated carbocycles. The fraction of sp³-hybridized carbons (Fsp3) is 0.875. The third-order valence-electron chi connectivity index (χ3n) is 2.06. The van der Waals surface area contributed by atoms with Crippen LogP contribution in [0.5, 0.6) is 0 Å². The predicted octanol–water partition coefficient (Wildman–Crippen LogP) is 0.627. The van der Waals surface area contributed by atoms with E-state index in [1.54, 1.807) is 0 Å². The zero-order valence-corrected chi connectivity index (χ0v) is 6.16. The summed E-state index contributed by atoms with van der Waals surface area (Å²) in [6.07, 6.45) is 7.09. The first-order valence-electron chi connectivity index (χ1n) is 4.06. The van der Waals surface area contributed by atoms with Gasteiger partial charge in [0.15, 0.2) is 0 Å².